The molecule has 1 rings (SSSR count). The summed E-state index contributed by atoms with van der Waals surface area (Å²) in [6.07, 6.45) is 15.0. The Morgan fingerprint density at radius 1 is 0.895 bits per heavy atom. The van der Waals surface area contributed by atoms with Crippen LogP contribution in [0.25, 0.3) is 0 Å². The van der Waals surface area contributed by atoms with E-state index in [1.54, 1.807) is 0 Å². The molecule has 3 heteroatoms. The lowest BCUT2D eigenvalue weighted by Crippen LogP contribution is -1.98. The van der Waals surface area contributed by atoms with Crippen molar-refractivity contribution in [3.8, 4) is 0 Å². The number of nitrogens with zero attached hydrogens (tertiary/aromatic N) is 1. The number of hydrogen-bond donors (Lipinski definition) is 1. The summed E-state index contributed by atoms with van der Waals surface area (Å²) in [5.74, 6) is 1.00. The van der Waals surface area contributed by atoms with Gasteiger partial charge >= 0.3 is 0 Å². The highest BCUT2D eigenvalue weighted by atomic mass is 16.5. The number of ether oxygens (including phenoxy) is 1. The maximum Gasteiger partial charge on any atom is 0.183 e. The quantitative estimate of drug-likeness (QED) is 0.568. The fourth-order valence-corrected chi connectivity index (χ4v) is 2.29. The zero-order chi connectivity index (χ0) is 14.2. The molecule has 0 unspecified atom stereocenters. The molecule has 0 aliphatic carbocycles. The highest BCUT2D eigenvalue weighted by molar-refractivity contribution is 5.77. The molecule has 0 fully saturated rings. The lowest BCUT2D eigenvalue weighted by Gasteiger charge is -2.03. The van der Waals surface area contributed by atoms with Gasteiger partial charge in [-0.15, -0.1) is 0 Å². The molecular formula is C16H33NO2. The number of rotatable bonds is 11. The second-order valence-electron chi connectivity index (χ2n) is 5.06. The van der Waals surface area contributed by atoms with Crippen molar-refractivity contribution in [1.82, 2.24) is 0 Å². The molecule has 0 radical (unpaired) electrons. The van der Waals surface area contributed by atoms with Crippen LogP contribution in [0.4, 0.5) is 0 Å². The first-order chi connectivity index (χ1) is 9.43. The van der Waals surface area contributed by atoms with E-state index >= 15 is 0 Å². The smallest absolute Gasteiger partial charge is 0.183 e. The first-order valence-corrected chi connectivity index (χ1v) is 8.04. The number of aliphatic hydroxyl groups is 1. The van der Waals surface area contributed by atoms with E-state index in [1.165, 1.54) is 64.2 Å². The second kappa shape index (κ2) is 15.5. The average Bonchev–Trinajstić information content (AvgIpc) is 2.96. The SMILES string of the molecule is CCCCCCCCCCCCC1=NCCO1.CO. The Balaban J connectivity index is 0.00000154. The molecule has 114 valence electrons. The summed E-state index contributed by atoms with van der Waals surface area (Å²) in [6, 6.07) is 0. The van der Waals surface area contributed by atoms with Gasteiger partial charge in [0.2, 0.25) is 0 Å². The van der Waals surface area contributed by atoms with Crippen LogP contribution in [-0.2, 0) is 4.74 Å². The zero-order valence-corrected chi connectivity index (χ0v) is 13.0. The van der Waals surface area contributed by atoms with Crippen molar-refractivity contribution in [1.29, 1.82) is 0 Å². The minimum absolute atomic E-state index is 0.813. The standard InChI is InChI=1S/C15H29NO.CH4O/c1-2-3-4-5-6-7-8-9-10-11-12-15-16-13-14-17-15;1-2/h2-14H2,1H3;2H,1H3. The highest BCUT2D eigenvalue weighted by Gasteiger charge is 2.05. The van der Waals surface area contributed by atoms with Crippen LogP contribution in [0.5, 0.6) is 0 Å². The van der Waals surface area contributed by atoms with E-state index < -0.39 is 0 Å². The Hall–Kier alpha value is -0.570. The van der Waals surface area contributed by atoms with E-state index in [4.69, 9.17) is 9.84 Å². The Kier molecular flexibility index (Phi) is 15.0. The Morgan fingerprint density at radius 2 is 1.42 bits per heavy atom. The normalized spacial score (nSPS) is 13.5. The zero-order valence-electron chi connectivity index (χ0n) is 13.0. The number of aliphatic imine (C=N–C) groups is 1. The maximum atomic E-state index is 7.00. The first-order valence-electron chi connectivity index (χ1n) is 8.04. The van der Waals surface area contributed by atoms with Gasteiger partial charge in [0.25, 0.3) is 0 Å². The summed E-state index contributed by atoms with van der Waals surface area (Å²) in [7, 11) is 1.00. The summed E-state index contributed by atoms with van der Waals surface area (Å²) in [5, 5.41) is 7.00. The number of unbranched alkanes of at least 4 members (excludes halogenated alkanes) is 9. The molecule has 1 aliphatic rings. The fourth-order valence-electron chi connectivity index (χ4n) is 2.29. The highest BCUT2D eigenvalue weighted by Crippen LogP contribution is 2.12. The van der Waals surface area contributed by atoms with Gasteiger partial charge in [-0.05, 0) is 6.42 Å². The lowest BCUT2D eigenvalue weighted by atomic mass is 10.1. The molecule has 3 nitrogen and oxygen atoms in total. The van der Waals surface area contributed by atoms with Gasteiger partial charge in [0.1, 0.15) is 6.61 Å². The molecule has 0 aromatic carbocycles. The van der Waals surface area contributed by atoms with Crippen LogP contribution >= 0.6 is 0 Å². The van der Waals surface area contributed by atoms with Crippen LogP contribution in [0.1, 0.15) is 77.6 Å². The molecule has 0 aromatic heterocycles. The van der Waals surface area contributed by atoms with Gasteiger partial charge in [-0.2, -0.15) is 0 Å². The van der Waals surface area contributed by atoms with Crippen molar-refractivity contribution in [3.63, 3.8) is 0 Å². The van der Waals surface area contributed by atoms with Gasteiger partial charge in [-0.25, -0.2) is 0 Å². The van der Waals surface area contributed by atoms with E-state index in [-0.39, 0.29) is 0 Å². The van der Waals surface area contributed by atoms with Gasteiger partial charge < -0.3 is 9.84 Å². The number of hydrogen-bond acceptors (Lipinski definition) is 3. The first kappa shape index (κ1) is 18.4. The maximum absolute atomic E-state index is 7.00. The molecule has 0 amide bonds. The molecule has 1 aliphatic heterocycles. The van der Waals surface area contributed by atoms with Crippen molar-refractivity contribution in [2.24, 2.45) is 4.99 Å². The predicted molar refractivity (Wildman–Crippen MR) is 82.9 cm³/mol. The van der Waals surface area contributed by atoms with Crippen LogP contribution in [0.15, 0.2) is 4.99 Å². The monoisotopic (exact) mass is 271 g/mol. The minimum atomic E-state index is 0.813. The Labute approximate surface area is 119 Å². The molecule has 0 spiro atoms. The second-order valence-corrected chi connectivity index (χ2v) is 5.06. The summed E-state index contributed by atoms with van der Waals surface area (Å²) < 4.78 is 5.39. The molecule has 0 atom stereocenters. The Morgan fingerprint density at radius 3 is 1.89 bits per heavy atom. The van der Waals surface area contributed by atoms with Crippen LogP contribution in [0.2, 0.25) is 0 Å². The van der Waals surface area contributed by atoms with Crippen molar-refractivity contribution in [2.45, 2.75) is 77.6 Å². The summed E-state index contributed by atoms with van der Waals surface area (Å²) in [6.45, 7) is 3.97. The summed E-state index contributed by atoms with van der Waals surface area (Å²) in [4.78, 5) is 4.31. The van der Waals surface area contributed by atoms with E-state index in [1.807, 2.05) is 0 Å². The van der Waals surface area contributed by atoms with Gasteiger partial charge in [0.15, 0.2) is 5.90 Å². The number of aliphatic hydroxyl groups excluding tert-OH is 1. The largest absolute Gasteiger partial charge is 0.479 e. The molecule has 19 heavy (non-hydrogen) atoms. The van der Waals surface area contributed by atoms with Gasteiger partial charge in [-0.3, -0.25) is 4.99 Å². The molecular weight excluding hydrogens is 238 g/mol. The van der Waals surface area contributed by atoms with E-state index in [2.05, 4.69) is 11.9 Å². The molecule has 0 bridgehead atoms. The van der Waals surface area contributed by atoms with E-state index in [0.717, 1.165) is 32.6 Å². The molecule has 1 heterocycles. The average molecular weight is 271 g/mol. The third kappa shape index (κ3) is 12.2. The third-order valence-corrected chi connectivity index (χ3v) is 3.39. The summed E-state index contributed by atoms with van der Waals surface area (Å²) in [5.41, 5.74) is 0. The van der Waals surface area contributed by atoms with Crippen LogP contribution in [-0.4, -0.2) is 31.3 Å². The summed E-state index contributed by atoms with van der Waals surface area (Å²) >= 11 is 0. The van der Waals surface area contributed by atoms with Gasteiger partial charge in [0.05, 0.1) is 6.54 Å². The van der Waals surface area contributed by atoms with Crippen molar-refractivity contribution in [3.05, 3.63) is 0 Å². The Bertz CT molecular complexity index is 205. The van der Waals surface area contributed by atoms with E-state index in [9.17, 15) is 0 Å². The lowest BCUT2D eigenvalue weighted by molar-refractivity contribution is 0.336. The topological polar surface area (TPSA) is 41.8 Å². The van der Waals surface area contributed by atoms with Crippen LogP contribution in [0.3, 0.4) is 0 Å². The minimum Gasteiger partial charge on any atom is -0.479 e. The fraction of sp³-hybridized carbons (Fsp3) is 0.938. The predicted octanol–water partition coefficient (Wildman–Crippen LogP) is 4.33. The van der Waals surface area contributed by atoms with Gasteiger partial charge in [0, 0.05) is 13.5 Å². The van der Waals surface area contributed by atoms with Crippen molar-refractivity contribution < 1.29 is 9.84 Å². The van der Waals surface area contributed by atoms with Gasteiger partial charge in [-0.1, -0.05) is 64.7 Å². The molecule has 0 aromatic rings. The van der Waals surface area contributed by atoms with Crippen molar-refractivity contribution in [2.75, 3.05) is 20.3 Å². The molecule has 0 saturated heterocycles. The van der Waals surface area contributed by atoms with Crippen LogP contribution in [0, 0.1) is 0 Å². The van der Waals surface area contributed by atoms with Crippen molar-refractivity contribution >= 4 is 5.90 Å². The molecule has 0 saturated carbocycles. The molecule has 1 N–H and O–H groups in total. The van der Waals surface area contributed by atoms with E-state index in [0.29, 0.717) is 0 Å². The third-order valence-electron chi connectivity index (χ3n) is 3.39. The van der Waals surface area contributed by atoms with Crippen LogP contribution < -0.4 is 0 Å².